The van der Waals surface area contributed by atoms with E-state index in [-0.39, 0.29) is 92.3 Å². The van der Waals surface area contributed by atoms with Crippen molar-refractivity contribution in [2.24, 2.45) is 11.8 Å². The van der Waals surface area contributed by atoms with Crippen LogP contribution in [0.4, 0.5) is 46.8 Å². The van der Waals surface area contributed by atoms with E-state index in [1.165, 1.54) is 12.8 Å². The number of ketones is 1. The van der Waals surface area contributed by atoms with Crippen LogP contribution in [-0.2, 0) is 9.53 Å². The number of ether oxygens (including phenoxy) is 1. The van der Waals surface area contributed by atoms with Gasteiger partial charge in [-0.05, 0) is 74.6 Å². The normalized spacial score (nSPS) is 19.8. The van der Waals surface area contributed by atoms with Crippen molar-refractivity contribution in [3.63, 3.8) is 0 Å². The number of halogens is 8. The highest BCUT2D eigenvalue weighted by Gasteiger charge is 2.41. The molecule has 0 spiro atoms. The van der Waals surface area contributed by atoms with Gasteiger partial charge in [-0.15, -0.1) is 0 Å². The number of hydrogen-bond acceptors (Lipinski definition) is 9. The second-order valence-electron chi connectivity index (χ2n) is 16.2. The van der Waals surface area contributed by atoms with Crippen molar-refractivity contribution in [2.75, 3.05) is 23.8 Å². The fraction of sp³-hybridized carbons (Fsp3) is 0.476. The topological polar surface area (TPSA) is 197 Å². The maximum Gasteiger partial charge on any atom is 0.334 e. The van der Waals surface area contributed by atoms with Gasteiger partial charge in [0.05, 0.1) is 17.8 Å². The summed E-state index contributed by atoms with van der Waals surface area (Å²) in [5.41, 5.74) is -4.88. The summed E-state index contributed by atoms with van der Waals surface area (Å²) >= 11 is 0. The molecule has 22 heteroatoms. The maximum absolute atomic E-state index is 13.5. The largest absolute Gasteiger partial charge is 0.481 e. The minimum absolute atomic E-state index is 0.0851. The first-order valence-corrected chi connectivity index (χ1v) is 20.5. The Morgan fingerprint density at radius 3 is 1.72 bits per heavy atom. The Labute approximate surface area is 357 Å². The molecule has 5 N–H and O–H groups in total. The lowest BCUT2D eigenvalue weighted by atomic mass is 9.79. The van der Waals surface area contributed by atoms with Gasteiger partial charge in [0.1, 0.15) is 40.5 Å². The molecule has 0 radical (unpaired) electrons. The summed E-state index contributed by atoms with van der Waals surface area (Å²) in [6, 6.07) is 4.06. The van der Waals surface area contributed by atoms with Gasteiger partial charge < -0.3 is 20.5 Å². The van der Waals surface area contributed by atoms with Crippen molar-refractivity contribution in [2.45, 2.75) is 101 Å². The van der Waals surface area contributed by atoms with E-state index in [2.05, 4.69) is 20.6 Å². The summed E-state index contributed by atoms with van der Waals surface area (Å²) in [5.74, 6) is -12.0. The smallest absolute Gasteiger partial charge is 0.334 e. The molecule has 0 amide bonds. The minimum Gasteiger partial charge on any atom is -0.481 e. The molecule has 64 heavy (non-hydrogen) atoms. The number of Topliss-reactive ketones (excluding diaryl/α,β-unsaturated/α-hetero) is 1. The number of H-pyrrole nitrogens is 2. The summed E-state index contributed by atoms with van der Waals surface area (Å²) in [4.78, 5) is 78.5. The summed E-state index contributed by atoms with van der Waals surface area (Å²) < 4.78 is 113. The molecule has 2 aromatic carbocycles. The Kier molecular flexibility index (Phi) is 14.6. The van der Waals surface area contributed by atoms with Gasteiger partial charge in [0.2, 0.25) is 11.8 Å². The SMILES string of the molecule is C1CCOC1.O=C(O)C[C@@H](Nc1cc(=O)n(-c2cc(F)cc(F)c2)c(=O)[nH]1)C1CCC(F)(F)CC1.O=C1C[C@H](C2CCC(F)(F)CC2)Nc2[nH]c(=O)n(-c3cc(F)cc(F)c3)c(=O)c21. The standard InChI is InChI=1S/C19H19F4N3O4.C19H17F4N3O3.C4H8O/c20-11-5-12(21)7-13(6-11)26-16(27)9-15(25-18(26)30)24-14(8-17(28)29)10-1-3-19(22,23)4-2-10;20-10-5-11(21)7-12(6-10)26-17(28)15-14(27)8-13(24-16(15)25-18(26)29)9-1-3-19(22,23)4-2-9;1-2-4-5-3-1/h5-7,9-10,14,24H,1-4,8H2,(H,25,30)(H,28,29);5-7,9,13,24H,1-4,8H2,(H,25,29);1-4H2/t14-;13-;/m11./s1. The third kappa shape index (κ3) is 11.9. The van der Waals surface area contributed by atoms with Gasteiger partial charge in [-0.3, -0.25) is 29.1 Å². The van der Waals surface area contributed by atoms with Crippen molar-refractivity contribution in [3.05, 3.63) is 113 Å². The first-order valence-electron chi connectivity index (χ1n) is 20.5. The lowest BCUT2D eigenvalue weighted by molar-refractivity contribution is -0.137. The van der Waals surface area contributed by atoms with Crippen molar-refractivity contribution in [1.29, 1.82) is 0 Å². The molecule has 2 saturated carbocycles. The molecule has 4 aliphatic rings. The van der Waals surface area contributed by atoms with E-state index in [0.29, 0.717) is 21.3 Å². The van der Waals surface area contributed by atoms with E-state index in [4.69, 9.17) is 9.84 Å². The average molecular weight is 913 g/mol. The van der Waals surface area contributed by atoms with Crippen LogP contribution in [0.25, 0.3) is 11.4 Å². The molecule has 2 aliphatic heterocycles. The number of nitrogens with zero attached hydrogens (tertiary/aromatic N) is 2. The quantitative estimate of drug-likeness (QED) is 0.119. The Bertz CT molecular complexity index is 2510. The van der Waals surface area contributed by atoms with E-state index in [1.54, 1.807) is 0 Å². The zero-order chi connectivity index (χ0) is 46.5. The maximum atomic E-state index is 13.5. The second-order valence-corrected chi connectivity index (χ2v) is 16.2. The Morgan fingerprint density at radius 1 is 0.734 bits per heavy atom. The molecule has 2 aliphatic carbocycles. The number of aromatic nitrogens is 4. The van der Waals surface area contributed by atoms with Crippen LogP contribution < -0.4 is 33.1 Å². The van der Waals surface area contributed by atoms with Crippen LogP contribution in [-0.4, -0.2) is 73.1 Å². The fourth-order valence-corrected chi connectivity index (χ4v) is 8.28. The van der Waals surface area contributed by atoms with Gasteiger partial charge in [-0.25, -0.2) is 53.8 Å². The predicted octanol–water partition coefficient (Wildman–Crippen LogP) is 6.68. The molecule has 2 aromatic heterocycles. The van der Waals surface area contributed by atoms with Gasteiger partial charge >= 0.3 is 17.3 Å². The summed E-state index contributed by atoms with van der Waals surface area (Å²) in [7, 11) is 0. The minimum atomic E-state index is -2.79. The monoisotopic (exact) mass is 912 g/mol. The number of hydrogen-bond donors (Lipinski definition) is 5. The number of alkyl halides is 4. The second kappa shape index (κ2) is 19.8. The molecule has 0 unspecified atom stereocenters. The van der Waals surface area contributed by atoms with Crippen LogP contribution in [0.2, 0.25) is 0 Å². The molecule has 346 valence electrons. The first kappa shape index (κ1) is 47.4. The highest BCUT2D eigenvalue weighted by atomic mass is 19.3. The van der Waals surface area contributed by atoms with E-state index in [1.807, 2.05) is 0 Å². The number of nitrogens with one attached hydrogen (secondary N) is 4. The molecule has 4 aromatic rings. The van der Waals surface area contributed by atoms with E-state index >= 15 is 0 Å². The van der Waals surface area contributed by atoms with E-state index in [0.717, 1.165) is 43.5 Å². The van der Waals surface area contributed by atoms with Gasteiger partial charge in [0.25, 0.3) is 11.1 Å². The van der Waals surface area contributed by atoms with Crippen molar-refractivity contribution < 1.29 is 54.6 Å². The number of aliphatic carboxylic acids is 1. The number of aromatic amines is 2. The lowest BCUT2D eigenvalue weighted by Crippen LogP contribution is -2.45. The number of benzene rings is 2. The number of rotatable bonds is 8. The average Bonchev–Trinajstić information content (AvgIpc) is 3.77. The number of carboxylic acids is 1. The zero-order valence-corrected chi connectivity index (χ0v) is 34.0. The van der Waals surface area contributed by atoms with Gasteiger partial charge in [0.15, 0.2) is 5.78 Å². The zero-order valence-electron chi connectivity index (χ0n) is 34.0. The molecule has 14 nitrogen and oxygen atoms in total. The van der Waals surface area contributed by atoms with Gasteiger partial charge in [-0.1, -0.05) is 0 Å². The van der Waals surface area contributed by atoms with Crippen LogP contribution in [0, 0.1) is 35.1 Å². The third-order valence-electron chi connectivity index (χ3n) is 11.5. The number of anilines is 2. The fourth-order valence-electron chi connectivity index (χ4n) is 8.28. The van der Waals surface area contributed by atoms with E-state index < -0.39 is 93.8 Å². The summed E-state index contributed by atoms with van der Waals surface area (Å²) in [5, 5.41) is 14.8. The summed E-state index contributed by atoms with van der Waals surface area (Å²) in [6.07, 6.45) is 1.36. The number of fused-ring (bicyclic) bond motifs is 1. The van der Waals surface area contributed by atoms with Crippen molar-refractivity contribution in [1.82, 2.24) is 19.1 Å². The Morgan fingerprint density at radius 2 is 1.23 bits per heavy atom. The highest BCUT2D eigenvalue weighted by molar-refractivity contribution is 6.02. The molecule has 0 bridgehead atoms. The molecule has 1 saturated heterocycles. The molecule has 8 rings (SSSR count). The van der Waals surface area contributed by atoms with Crippen LogP contribution in [0.1, 0.15) is 87.4 Å². The number of carbonyl (C=O) groups excluding carboxylic acids is 1. The summed E-state index contributed by atoms with van der Waals surface area (Å²) in [6.45, 7) is 2.00. The van der Waals surface area contributed by atoms with Crippen LogP contribution in [0.15, 0.2) is 61.6 Å². The van der Waals surface area contributed by atoms with E-state index in [9.17, 15) is 63.9 Å². The Balaban J connectivity index is 0.000000191. The molecule has 2 atom stereocenters. The third-order valence-corrected chi connectivity index (χ3v) is 11.5. The molecular weight excluding hydrogens is 868 g/mol. The predicted molar refractivity (Wildman–Crippen MR) is 215 cm³/mol. The highest BCUT2D eigenvalue weighted by Crippen LogP contribution is 2.40. The van der Waals surface area contributed by atoms with Gasteiger partial charge in [-0.2, -0.15) is 0 Å². The van der Waals surface area contributed by atoms with Crippen molar-refractivity contribution in [3.8, 4) is 11.4 Å². The van der Waals surface area contributed by atoms with Crippen LogP contribution in [0.3, 0.4) is 0 Å². The molecular formula is C42H44F8N6O8. The first-order chi connectivity index (χ1) is 30.2. The van der Waals surface area contributed by atoms with Crippen LogP contribution >= 0.6 is 0 Å². The molecule has 4 heterocycles. The van der Waals surface area contributed by atoms with Crippen molar-refractivity contribution >= 4 is 23.4 Å². The molecule has 3 fully saturated rings. The van der Waals surface area contributed by atoms with Gasteiger partial charge in [0, 0.05) is 75.6 Å². The Hall–Kier alpha value is -6.06. The number of carbonyl (C=O) groups is 2. The lowest BCUT2D eigenvalue weighted by Gasteiger charge is -2.36. The van der Waals surface area contributed by atoms with Crippen LogP contribution in [0.5, 0.6) is 0 Å². The number of carboxylic acid groups (broad SMARTS) is 1.